The first kappa shape index (κ1) is 12.0. The molecule has 1 atom stereocenters. The van der Waals surface area contributed by atoms with E-state index in [9.17, 15) is 4.79 Å². The molecule has 1 aliphatic heterocycles. The van der Waals surface area contributed by atoms with E-state index in [1.165, 1.54) is 0 Å². The third-order valence-electron chi connectivity index (χ3n) is 4.02. The number of para-hydroxylation sites is 1. The van der Waals surface area contributed by atoms with Gasteiger partial charge >= 0.3 is 0 Å². The smallest absolute Gasteiger partial charge is 0.240 e. The number of nitrogen functional groups attached to an aromatic ring is 1. The molecule has 2 heterocycles. The summed E-state index contributed by atoms with van der Waals surface area (Å²) in [5.74, 6) is 0.0190. The molecule has 0 fully saturated rings. The van der Waals surface area contributed by atoms with Crippen LogP contribution >= 0.6 is 0 Å². The van der Waals surface area contributed by atoms with E-state index < -0.39 is 0 Å². The van der Waals surface area contributed by atoms with Gasteiger partial charge in [-0.1, -0.05) is 30.3 Å². The monoisotopic (exact) mass is 277 g/mol. The van der Waals surface area contributed by atoms with Crippen LogP contribution in [0.3, 0.4) is 0 Å². The largest absolute Gasteiger partial charge is 0.399 e. The Morgan fingerprint density at radius 1 is 1.10 bits per heavy atom. The van der Waals surface area contributed by atoms with Gasteiger partial charge < -0.3 is 15.6 Å². The van der Waals surface area contributed by atoms with Crippen LogP contribution < -0.4 is 11.1 Å². The first-order valence-corrected chi connectivity index (χ1v) is 6.95. The van der Waals surface area contributed by atoms with E-state index in [0.29, 0.717) is 6.54 Å². The zero-order valence-electron chi connectivity index (χ0n) is 11.4. The van der Waals surface area contributed by atoms with Crippen LogP contribution in [0.25, 0.3) is 10.9 Å². The Morgan fingerprint density at radius 2 is 1.90 bits per heavy atom. The van der Waals surface area contributed by atoms with Crippen molar-refractivity contribution in [1.82, 2.24) is 9.88 Å². The van der Waals surface area contributed by atoms with Gasteiger partial charge in [0.1, 0.15) is 6.54 Å². The van der Waals surface area contributed by atoms with E-state index in [1.54, 1.807) is 0 Å². The maximum absolute atomic E-state index is 12.2. The molecule has 104 valence electrons. The summed E-state index contributed by atoms with van der Waals surface area (Å²) in [5, 5.41) is 4.26. The number of carbonyl (C=O) groups is 1. The minimum Gasteiger partial charge on any atom is -0.399 e. The van der Waals surface area contributed by atoms with Crippen molar-refractivity contribution in [1.29, 1.82) is 0 Å². The number of anilines is 1. The summed E-state index contributed by atoms with van der Waals surface area (Å²) < 4.78 is 2.01. The van der Waals surface area contributed by atoms with Crippen molar-refractivity contribution < 1.29 is 4.79 Å². The van der Waals surface area contributed by atoms with Crippen molar-refractivity contribution in [3.63, 3.8) is 0 Å². The fraction of sp³-hybridized carbons (Fsp3) is 0.118. The van der Waals surface area contributed by atoms with E-state index in [1.807, 2.05) is 41.1 Å². The summed E-state index contributed by atoms with van der Waals surface area (Å²) >= 11 is 0. The van der Waals surface area contributed by atoms with Crippen LogP contribution in [-0.2, 0) is 11.3 Å². The maximum Gasteiger partial charge on any atom is 0.240 e. The van der Waals surface area contributed by atoms with Crippen LogP contribution in [0.4, 0.5) is 5.69 Å². The highest BCUT2D eigenvalue weighted by Crippen LogP contribution is 2.31. The van der Waals surface area contributed by atoms with Crippen LogP contribution in [0.1, 0.15) is 17.2 Å². The van der Waals surface area contributed by atoms with Crippen LogP contribution in [0, 0.1) is 0 Å². The average Bonchev–Trinajstić information content (AvgIpc) is 2.82. The number of carbonyl (C=O) groups excluding carboxylic acids is 1. The molecule has 1 aliphatic rings. The molecule has 0 saturated heterocycles. The SMILES string of the molecule is Nc1ccc([C@@H]2NC(=O)Cn3ccc4cccc2c43)cc1. The number of hydrogen-bond acceptors (Lipinski definition) is 2. The molecular weight excluding hydrogens is 262 g/mol. The van der Waals surface area contributed by atoms with E-state index >= 15 is 0 Å². The van der Waals surface area contributed by atoms with Crippen molar-refractivity contribution in [2.24, 2.45) is 0 Å². The minimum atomic E-state index is -0.141. The Morgan fingerprint density at radius 3 is 2.71 bits per heavy atom. The number of hydrogen-bond donors (Lipinski definition) is 2. The quantitative estimate of drug-likeness (QED) is 0.671. The van der Waals surface area contributed by atoms with Crippen molar-refractivity contribution >= 4 is 22.5 Å². The lowest BCUT2D eigenvalue weighted by atomic mass is 9.97. The predicted octanol–water partition coefficient (Wildman–Crippen LogP) is 2.44. The van der Waals surface area contributed by atoms with Gasteiger partial charge in [0.25, 0.3) is 0 Å². The number of amides is 1. The number of rotatable bonds is 1. The average molecular weight is 277 g/mol. The second kappa shape index (κ2) is 4.38. The van der Waals surface area contributed by atoms with Crippen molar-refractivity contribution in [3.05, 3.63) is 65.9 Å². The Kier molecular flexibility index (Phi) is 2.51. The van der Waals surface area contributed by atoms with Crippen LogP contribution in [0.5, 0.6) is 0 Å². The third kappa shape index (κ3) is 1.88. The summed E-state index contributed by atoms with van der Waals surface area (Å²) in [6.45, 7) is 0.353. The second-order valence-corrected chi connectivity index (χ2v) is 5.40. The Bertz CT molecular complexity index is 833. The van der Waals surface area contributed by atoms with Gasteiger partial charge in [0.05, 0.1) is 11.6 Å². The molecule has 0 bridgehead atoms. The molecule has 3 N–H and O–H groups in total. The van der Waals surface area contributed by atoms with Gasteiger partial charge in [-0.15, -0.1) is 0 Å². The Balaban J connectivity index is 1.95. The number of nitrogens with zero attached hydrogens (tertiary/aromatic N) is 1. The second-order valence-electron chi connectivity index (χ2n) is 5.40. The van der Waals surface area contributed by atoms with Gasteiger partial charge in [0.15, 0.2) is 0 Å². The first-order valence-electron chi connectivity index (χ1n) is 6.95. The van der Waals surface area contributed by atoms with Crippen molar-refractivity contribution in [2.75, 3.05) is 5.73 Å². The lowest BCUT2D eigenvalue weighted by Crippen LogP contribution is -2.29. The molecule has 1 aromatic heterocycles. The zero-order chi connectivity index (χ0) is 14.4. The topological polar surface area (TPSA) is 60.0 Å². The molecule has 4 rings (SSSR count). The summed E-state index contributed by atoms with van der Waals surface area (Å²) in [4.78, 5) is 12.2. The van der Waals surface area contributed by atoms with Gasteiger partial charge in [-0.2, -0.15) is 0 Å². The fourth-order valence-electron chi connectivity index (χ4n) is 3.05. The molecule has 3 aromatic rings. The van der Waals surface area contributed by atoms with Gasteiger partial charge in [-0.3, -0.25) is 4.79 Å². The molecule has 2 aromatic carbocycles. The molecule has 0 aliphatic carbocycles. The zero-order valence-corrected chi connectivity index (χ0v) is 11.4. The van der Waals surface area contributed by atoms with Crippen molar-refractivity contribution in [2.45, 2.75) is 12.6 Å². The molecule has 4 heteroatoms. The number of aromatic nitrogens is 1. The van der Waals surface area contributed by atoms with Gasteiger partial charge in [0, 0.05) is 17.4 Å². The summed E-state index contributed by atoms with van der Waals surface area (Å²) in [6.07, 6.45) is 1.97. The van der Waals surface area contributed by atoms with Crippen molar-refractivity contribution in [3.8, 4) is 0 Å². The molecule has 0 saturated carbocycles. The normalized spacial score (nSPS) is 17.5. The predicted molar refractivity (Wildman–Crippen MR) is 82.8 cm³/mol. The first-order chi connectivity index (χ1) is 10.2. The molecule has 0 spiro atoms. The van der Waals surface area contributed by atoms with Gasteiger partial charge in [-0.25, -0.2) is 0 Å². The number of benzene rings is 2. The van der Waals surface area contributed by atoms with E-state index in [-0.39, 0.29) is 11.9 Å². The van der Waals surface area contributed by atoms with E-state index in [0.717, 1.165) is 27.7 Å². The fourth-order valence-corrected chi connectivity index (χ4v) is 3.05. The van der Waals surface area contributed by atoms with E-state index in [2.05, 4.69) is 23.5 Å². The highest BCUT2D eigenvalue weighted by Gasteiger charge is 2.24. The summed E-state index contributed by atoms with van der Waals surface area (Å²) in [6, 6.07) is 15.8. The molecule has 0 unspecified atom stereocenters. The lowest BCUT2D eigenvalue weighted by Gasteiger charge is -2.18. The summed E-state index contributed by atoms with van der Waals surface area (Å²) in [5.41, 5.74) is 9.76. The minimum absolute atomic E-state index is 0.0190. The number of nitrogens with two attached hydrogens (primary N) is 1. The third-order valence-corrected chi connectivity index (χ3v) is 4.02. The molecule has 1 amide bonds. The lowest BCUT2D eigenvalue weighted by molar-refractivity contribution is -0.121. The number of nitrogens with one attached hydrogen (secondary N) is 1. The van der Waals surface area contributed by atoms with Gasteiger partial charge in [-0.05, 0) is 29.1 Å². The molecule has 0 radical (unpaired) electrons. The Hall–Kier alpha value is -2.75. The Labute approximate surface area is 122 Å². The summed E-state index contributed by atoms with van der Waals surface area (Å²) in [7, 11) is 0. The van der Waals surface area contributed by atoms with Crippen LogP contribution in [0.15, 0.2) is 54.7 Å². The molecule has 4 nitrogen and oxygen atoms in total. The highest BCUT2D eigenvalue weighted by atomic mass is 16.2. The molecular formula is C17H15N3O. The van der Waals surface area contributed by atoms with Crippen LogP contribution in [0.2, 0.25) is 0 Å². The molecule has 21 heavy (non-hydrogen) atoms. The van der Waals surface area contributed by atoms with E-state index in [4.69, 9.17) is 5.73 Å². The van der Waals surface area contributed by atoms with Crippen LogP contribution in [-0.4, -0.2) is 10.5 Å². The van der Waals surface area contributed by atoms with Gasteiger partial charge in [0.2, 0.25) is 5.91 Å². The highest BCUT2D eigenvalue weighted by molar-refractivity contribution is 5.89. The standard InChI is InChI=1S/C17H15N3O/c18-13-6-4-11(5-7-13)16-14-3-1-2-12-8-9-20(17(12)14)10-15(21)19-16/h1-9,16H,10,18H2,(H,19,21)/t16-/m0/s1. The maximum atomic E-state index is 12.2.